The molecule has 7 heteroatoms. The molecule has 4 rings (SSSR count). The van der Waals surface area contributed by atoms with E-state index in [9.17, 15) is 13.2 Å². The average Bonchev–Trinajstić information content (AvgIpc) is 3.15. The number of hydrogen-bond acceptors (Lipinski definition) is 3. The number of thioether (sulfide) groups is 1. The van der Waals surface area contributed by atoms with E-state index in [1.54, 1.807) is 29.8 Å². The summed E-state index contributed by atoms with van der Waals surface area (Å²) in [5.74, 6) is 1.65. The van der Waals surface area contributed by atoms with Gasteiger partial charge in [-0.25, -0.2) is 4.68 Å². The number of aromatic nitrogens is 2. The molecule has 1 aromatic heterocycles. The highest BCUT2D eigenvalue weighted by molar-refractivity contribution is 7.98. The zero-order valence-electron chi connectivity index (χ0n) is 15.5. The molecule has 3 aromatic carbocycles. The van der Waals surface area contributed by atoms with E-state index in [0.29, 0.717) is 5.69 Å². The lowest BCUT2D eigenvalue weighted by atomic mass is 10.2. The molecule has 148 valence electrons. The zero-order valence-corrected chi connectivity index (χ0v) is 16.3. The fourth-order valence-corrected chi connectivity index (χ4v) is 3.89. The van der Waals surface area contributed by atoms with Crippen molar-refractivity contribution in [3.8, 4) is 11.4 Å². The topological polar surface area (TPSA) is 27.1 Å². The van der Waals surface area contributed by atoms with Gasteiger partial charge in [-0.3, -0.25) is 0 Å². The Bertz CT molecular complexity index is 1120. The molecule has 0 atom stereocenters. The van der Waals surface area contributed by atoms with Gasteiger partial charge >= 0.3 is 6.18 Å². The maximum atomic E-state index is 12.8. The maximum absolute atomic E-state index is 12.8. The van der Waals surface area contributed by atoms with Crippen LogP contribution in [0.3, 0.4) is 0 Å². The van der Waals surface area contributed by atoms with Gasteiger partial charge in [0.1, 0.15) is 5.75 Å². The highest BCUT2D eigenvalue weighted by Crippen LogP contribution is 2.31. The number of benzene rings is 3. The summed E-state index contributed by atoms with van der Waals surface area (Å²) in [6, 6.07) is 18.9. The van der Waals surface area contributed by atoms with Gasteiger partial charge in [-0.15, -0.1) is 11.8 Å². The van der Waals surface area contributed by atoms with Gasteiger partial charge in [-0.1, -0.05) is 12.1 Å². The molecule has 0 saturated heterocycles. The highest BCUT2D eigenvalue weighted by Gasteiger charge is 2.30. The lowest BCUT2D eigenvalue weighted by Crippen LogP contribution is -2.05. The second kappa shape index (κ2) is 7.83. The third-order valence-corrected chi connectivity index (χ3v) is 5.61. The highest BCUT2D eigenvalue weighted by atomic mass is 32.2. The summed E-state index contributed by atoms with van der Waals surface area (Å²) in [6.45, 7) is 0. The Hall–Kier alpha value is -2.93. The van der Waals surface area contributed by atoms with Crippen LogP contribution in [0.4, 0.5) is 13.2 Å². The van der Waals surface area contributed by atoms with E-state index in [1.807, 2.05) is 42.5 Å². The number of halogens is 3. The van der Waals surface area contributed by atoms with Crippen molar-refractivity contribution in [2.24, 2.45) is 0 Å². The van der Waals surface area contributed by atoms with E-state index >= 15 is 0 Å². The van der Waals surface area contributed by atoms with Crippen LogP contribution in [-0.4, -0.2) is 16.9 Å². The summed E-state index contributed by atoms with van der Waals surface area (Å²) in [5, 5.41) is 5.28. The largest absolute Gasteiger partial charge is 0.497 e. The van der Waals surface area contributed by atoms with E-state index < -0.39 is 11.7 Å². The summed E-state index contributed by atoms with van der Waals surface area (Å²) in [5.41, 5.74) is 1.96. The van der Waals surface area contributed by atoms with E-state index in [-0.39, 0.29) is 0 Å². The van der Waals surface area contributed by atoms with Crippen molar-refractivity contribution in [2.75, 3.05) is 7.11 Å². The predicted molar refractivity (Wildman–Crippen MR) is 109 cm³/mol. The van der Waals surface area contributed by atoms with Crippen molar-refractivity contribution in [1.29, 1.82) is 0 Å². The fraction of sp³-hybridized carbons (Fsp3) is 0.136. The minimum absolute atomic E-state index is 0.589. The Morgan fingerprint density at radius 2 is 1.69 bits per heavy atom. The Balaban J connectivity index is 1.52. The summed E-state index contributed by atoms with van der Waals surface area (Å²) < 4.78 is 45.1. The lowest BCUT2D eigenvalue weighted by Gasteiger charge is -2.09. The van der Waals surface area contributed by atoms with Gasteiger partial charge in [0, 0.05) is 16.0 Å². The van der Waals surface area contributed by atoms with Crippen LogP contribution in [0, 0.1) is 0 Å². The number of fused-ring (bicyclic) bond motifs is 1. The Morgan fingerprint density at radius 1 is 0.966 bits per heavy atom. The van der Waals surface area contributed by atoms with Crippen molar-refractivity contribution in [3.05, 3.63) is 84.1 Å². The number of nitrogens with zero attached hydrogens (tertiary/aromatic N) is 2. The summed E-state index contributed by atoms with van der Waals surface area (Å²) in [4.78, 5) is 1.10. The quantitative estimate of drug-likeness (QED) is 0.356. The predicted octanol–water partition coefficient (Wildman–Crippen LogP) is 6.35. The van der Waals surface area contributed by atoms with Crippen molar-refractivity contribution in [1.82, 2.24) is 9.78 Å². The van der Waals surface area contributed by atoms with Crippen molar-refractivity contribution >= 4 is 22.7 Å². The molecule has 0 spiro atoms. The SMILES string of the molecule is COc1ccc(CSc2ccc3c(cnn3-c3ccc(C(F)(F)F)cc3)c2)cc1. The molecular weight excluding hydrogens is 397 g/mol. The van der Waals surface area contributed by atoms with Crippen LogP contribution in [0.25, 0.3) is 16.6 Å². The first-order valence-electron chi connectivity index (χ1n) is 8.85. The molecule has 0 aliphatic carbocycles. The minimum atomic E-state index is -4.35. The Kier molecular flexibility index (Phi) is 5.24. The standard InChI is InChI=1S/C22H17F3N2OS/c1-28-19-8-2-15(3-9-19)14-29-20-10-11-21-16(12-20)13-26-27(21)18-6-4-17(5-7-18)22(23,24)25/h2-13H,14H2,1H3. The van der Waals surface area contributed by atoms with Crippen LogP contribution in [0.1, 0.15) is 11.1 Å². The lowest BCUT2D eigenvalue weighted by molar-refractivity contribution is -0.137. The molecule has 0 saturated carbocycles. The molecule has 0 aliphatic heterocycles. The first kappa shape index (κ1) is 19.4. The van der Waals surface area contributed by atoms with E-state index in [4.69, 9.17) is 4.74 Å². The molecule has 0 N–H and O–H groups in total. The summed E-state index contributed by atoms with van der Waals surface area (Å²) in [6.07, 6.45) is -2.62. The van der Waals surface area contributed by atoms with Crippen molar-refractivity contribution in [2.45, 2.75) is 16.8 Å². The molecule has 0 bridgehead atoms. The Labute approximate surface area is 170 Å². The van der Waals surface area contributed by atoms with Crippen LogP contribution < -0.4 is 4.74 Å². The number of alkyl halides is 3. The van der Waals surface area contributed by atoms with Crippen molar-refractivity contribution < 1.29 is 17.9 Å². The first-order chi connectivity index (χ1) is 13.9. The number of hydrogen-bond donors (Lipinski definition) is 0. The molecule has 29 heavy (non-hydrogen) atoms. The number of rotatable bonds is 5. The zero-order chi connectivity index (χ0) is 20.4. The van der Waals surface area contributed by atoms with Gasteiger partial charge in [0.2, 0.25) is 0 Å². The van der Waals surface area contributed by atoms with Crippen molar-refractivity contribution in [3.63, 3.8) is 0 Å². The van der Waals surface area contributed by atoms with Crippen LogP contribution in [-0.2, 0) is 11.9 Å². The molecule has 4 aromatic rings. The maximum Gasteiger partial charge on any atom is 0.416 e. The van der Waals surface area contributed by atoms with Crippen LogP contribution in [0.15, 0.2) is 77.8 Å². The summed E-state index contributed by atoms with van der Waals surface area (Å²) >= 11 is 1.71. The third kappa shape index (κ3) is 4.24. The normalized spacial score (nSPS) is 11.7. The molecule has 0 unspecified atom stereocenters. The van der Waals surface area contributed by atoms with E-state index in [2.05, 4.69) is 5.10 Å². The average molecular weight is 414 g/mol. The molecule has 0 amide bonds. The van der Waals surface area contributed by atoms with Gasteiger partial charge in [0.15, 0.2) is 0 Å². The second-order valence-corrected chi connectivity index (χ2v) is 7.51. The van der Waals surface area contributed by atoms with Gasteiger partial charge in [0.05, 0.1) is 30.1 Å². The molecule has 0 aliphatic rings. The monoisotopic (exact) mass is 414 g/mol. The number of methoxy groups -OCH3 is 1. The van der Waals surface area contributed by atoms with E-state index in [1.165, 1.54) is 17.7 Å². The molecule has 3 nitrogen and oxygen atoms in total. The van der Waals surface area contributed by atoms with Gasteiger partial charge in [-0.05, 0) is 60.2 Å². The fourth-order valence-electron chi connectivity index (χ4n) is 2.99. The molecule has 0 radical (unpaired) electrons. The number of ether oxygens (including phenoxy) is 1. The van der Waals surface area contributed by atoms with Crippen LogP contribution in [0.2, 0.25) is 0 Å². The molecule has 0 fully saturated rings. The van der Waals surface area contributed by atoms with Gasteiger partial charge < -0.3 is 4.74 Å². The second-order valence-electron chi connectivity index (χ2n) is 6.46. The Morgan fingerprint density at radius 3 is 2.34 bits per heavy atom. The smallest absolute Gasteiger partial charge is 0.416 e. The van der Waals surface area contributed by atoms with Crippen LogP contribution >= 0.6 is 11.8 Å². The van der Waals surface area contributed by atoms with E-state index in [0.717, 1.165) is 39.4 Å². The molecule has 1 heterocycles. The van der Waals surface area contributed by atoms with Crippen LogP contribution in [0.5, 0.6) is 5.75 Å². The van der Waals surface area contributed by atoms with Gasteiger partial charge in [0.25, 0.3) is 0 Å². The van der Waals surface area contributed by atoms with Gasteiger partial charge in [-0.2, -0.15) is 18.3 Å². The third-order valence-electron chi connectivity index (χ3n) is 4.54. The molecular formula is C22H17F3N2OS. The summed E-state index contributed by atoms with van der Waals surface area (Å²) in [7, 11) is 1.64. The minimum Gasteiger partial charge on any atom is -0.497 e. The first-order valence-corrected chi connectivity index (χ1v) is 9.84.